The van der Waals surface area contributed by atoms with E-state index in [0.717, 1.165) is 32.3 Å². The molecule has 1 fully saturated rings. The van der Waals surface area contributed by atoms with E-state index in [-0.39, 0.29) is 0 Å². The zero-order valence-electron chi connectivity index (χ0n) is 12.9. The van der Waals surface area contributed by atoms with E-state index >= 15 is 0 Å². The summed E-state index contributed by atoms with van der Waals surface area (Å²) in [5, 5.41) is 1.24. The fraction of sp³-hybridized carbons (Fsp3) is 0.625. The molecule has 0 N–H and O–H groups in total. The van der Waals surface area contributed by atoms with E-state index in [1.54, 1.807) is 0 Å². The van der Waals surface area contributed by atoms with Gasteiger partial charge in [-0.15, -0.1) is 0 Å². The predicted molar refractivity (Wildman–Crippen MR) is 83.4 cm³/mol. The van der Waals surface area contributed by atoms with E-state index in [2.05, 4.69) is 38.1 Å². The summed E-state index contributed by atoms with van der Waals surface area (Å²) in [6.07, 6.45) is 1.04. The number of benzene rings is 1. The lowest BCUT2D eigenvalue weighted by molar-refractivity contribution is -0.110. The van der Waals surface area contributed by atoms with Gasteiger partial charge in [0, 0.05) is 18.6 Å². The third-order valence-electron chi connectivity index (χ3n) is 4.00. The van der Waals surface area contributed by atoms with Gasteiger partial charge in [-0.25, -0.2) is 0 Å². The SMILES string of the molecule is CCO[Si](CC)(OCCC1(C)COC1)c1ccccc1. The summed E-state index contributed by atoms with van der Waals surface area (Å²) in [7, 11) is -2.27. The summed E-state index contributed by atoms with van der Waals surface area (Å²) in [5.74, 6) is 0. The summed E-state index contributed by atoms with van der Waals surface area (Å²) in [6.45, 7) is 9.66. The number of hydrogen-bond acceptors (Lipinski definition) is 3. The van der Waals surface area contributed by atoms with Gasteiger partial charge in [-0.1, -0.05) is 44.2 Å². The van der Waals surface area contributed by atoms with Crippen molar-refractivity contribution >= 4 is 13.7 Å². The molecule has 1 aromatic carbocycles. The zero-order valence-corrected chi connectivity index (χ0v) is 13.9. The first-order valence-corrected chi connectivity index (χ1v) is 9.58. The minimum Gasteiger partial charge on any atom is -0.391 e. The van der Waals surface area contributed by atoms with Crippen molar-refractivity contribution in [1.29, 1.82) is 0 Å². The third kappa shape index (κ3) is 3.50. The second-order valence-electron chi connectivity index (χ2n) is 5.81. The number of hydrogen-bond donors (Lipinski definition) is 0. The van der Waals surface area contributed by atoms with Crippen molar-refractivity contribution in [2.24, 2.45) is 5.41 Å². The first kappa shape index (κ1) is 15.7. The van der Waals surface area contributed by atoms with Crippen LogP contribution in [0.5, 0.6) is 0 Å². The molecular formula is C16H26O3Si. The minimum atomic E-state index is -2.27. The lowest BCUT2D eigenvalue weighted by Crippen LogP contribution is -2.54. The molecule has 0 spiro atoms. The second kappa shape index (κ2) is 6.85. The van der Waals surface area contributed by atoms with Crippen LogP contribution in [0.25, 0.3) is 0 Å². The molecule has 112 valence electrons. The van der Waals surface area contributed by atoms with Crippen LogP contribution in [0.15, 0.2) is 30.3 Å². The molecule has 0 aromatic heterocycles. The molecule has 0 radical (unpaired) electrons. The fourth-order valence-corrected chi connectivity index (χ4v) is 5.43. The molecular weight excluding hydrogens is 268 g/mol. The van der Waals surface area contributed by atoms with Crippen molar-refractivity contribution in [3.63, 3.8) is 0 Å². The van der Waals surface area contributed by atoms with Gasteiger partial charge >= 0.3 is 8.56 Å². The molecule has 3 nitrogen and oxygen atoms in total. The van der Waals surface area contributed by atoms with Crippen molar-refractivity contribution in [1.82, 2.24) is 0 Å². The largest absolute Gasteiger partial charge is 0.391 e. The molecule has 20 heavy (non-hydrogen) atoms. The summed E-state index contributed by atoms with van der Waals surface area (Å²) < 4.78 is 17.8. The molecule has 1 aliphatic heterocycles. The Balaban J connectivity index is 2.02. The normalized spacial score (nSPS) is 20.1. The van der Waals surface area contributed by atoms with Gasteiger partial charge in [0.15, 0.2) is 0 Å². The Bertz CT molecular complexity index is 405. The summed E-state index contributed by atoms with van der Waals surface area (Å²) in [5.41, 5.74) is 0.302. The Hall–Kier alpha value is -0.683. The number of ether oxygens (including phenoxy) is 1. The van der Waals surface area contributed by atoms with Crippen LogP contribution in [0.2, 0.25) is 6.04 Å². The van der Waals surface area contributed by atoms with Gasteiger partial charge in [-0.2, -0.15) is 0 Å². The van der Waals surface area contributed by atoms with Crippen molar-refractivity contribution in [2.75, 3.05) is 26.4 Å². The standard InChI is InChI=1S/C16H26O3Si/c1-4-18-20(5-2,15-9-7-6-8-10-15)19-12-11-16(3)13-17-14-16/h6-10H,4-5,11-14H2,1-3H3. The molecule has 0 aliphatic carbocycles. The highest BCUT2D eigenvalue weighted by atomic mass is 28.4. The van der Waals surface area contributed by atoms with Crippen LogP contribution in [0, 0.1) is 5.41 Å². The second-order valence-corrected chi connectivity index (χ2v) is 9.18. The highest BCUT2D eigenvalue weighted by molar-refractivity contribution is 6.81. The maximum absolute atomic E-state index is 6.34. The summed E-state index contributed by atoms with van der Waals surface area (Å²) >= 11 is 0. The van der Waals surface area contributed by atoms with E-state index in [4.69, 9.17) is 13.6 Å². The molecule has 2 rings (SSSR count). The van der Waals surface area contributed by atoms with E-state index in [1.807, 2.05) is 13.0 Å². The molecule has 0 amide bonds. The minimum absolute atomic E-state index is 0.302. The molecule has 1 heterocycles. The maximum Gasteiger partial charge on any atom is 0.372 e. The number of rotatable bonds is 8. The molecule has 1 aliphatic rings. The van der Waals surface area contributed by atoms with E-state index in [0.29, 0.717) is 12.0 Å². The first-order chi connectivity index (χ1) is 9.64. The molecule has 1 unspecified atom stereocenters. The van der Waals surface area contributed by atoms with Crippen LogP contribution in [-0.4, -0.2) is 35.0 Å². The van der Waals surface area contributed by atoms with Crippen LogP contribution < -0.4 is 5.19 Å². The molecule has 1 atom stereocenters. The molecule has 4 heteroatoms. The van der Waals surface area contributed by atoms with Gasteiger partial charge in [-0.05, 0) is 24.6 Å². The maximum atomic E-state index is 6.34. The lowest BCUT2D eigenvalue weighted by Gasteiger charge is -2.39. The van der Waals surface area contributed by atoms with Gasteiger partial charge in [-0.3, -0.25) is 0 Å². The highest BCUT2D eigenvalue weighted by Crippen LogP contribution is 2.31. The van der Waals surface area contributed by atoms with Gasteiger partial charge in [0.1, 0.15) is 0 Å². The Labute approximate surface area is 123 Å². The van der Waals surface area contributed by atoms with Crippen LogP contribution in [0.1, 0.15) is 27.2 Å². The molecule has 0 saturated carbocycles. The Morgan fingerprint density at radius 1 is 1.15 bits per heavy atom. The first-order valence-electron chi connectivity index (χ1n) is 7.55. The van der Waals surface area contributed by atoms with Crippen LogP contribution in [-0.2, 0) is 13.6 Å². The lowest BCUT2D eigenvalue weighted by atomic mass is 9.85. The van der Waals surface area contributed by atoms with Gasteiger partial charge in [0.2, 0.25) is 0 Å². The van der Waals surface area contributed by atoms with Crippen LogP contribution in [0.3, 0.4) is 0 Å². The molecule has 1 saturated heterocycles. The Morgan fingerprint density at radius 2 is 1.85 bits per heavy atom. The Morgan fingerprint density at radius 3 is 2.35 bits per heavy atom. The molecule has 1 aromatic rings. The van der Waals surface area contributed by atoms with Crippen LogP contribution >= 0.6 is 0 Å². The fourth-order valence-electron chi connectivity index (χ4n) is 2.60. The average Bonchev–Trinajstić information content (AvgIpc) is 2.45. The highest BCUT2D eigenvalue weighted by Gasteiger charge is 2.39. The zero-order chi connectivity index (χ0) is 14.5. The monoisotopic (exact) mass is 294 g/mol. The van der Waals surface area contributed by atoms with E-state index in [9.17, 15) is 0 Å². The van der Waals surface area contributed by atoms with Crippen LogP contribution in [0.4, 0.5) is 0 Å². The van der Waals surface area contributed by atoms with Crippen molar-refractivity contribution in [2.45, 2.75) is 33.2 Å². The van der Waals surface area contributed by atoms with Crippen molar-refractivity contribution < 1.29 is 13.6 Å². The average molecular weight is 294 g/mol. The Kier molecular flexibility index (Phi) is 5.38. The predicted octanol–water partition coefficient (Wildman–Crippen LogP) is 2.84. The van der Waals surface area contributed by atoms with Gasteiger partial charge in [0.25, 0.3) is 0 Å². The summed E-state index contributed by atoms with van der Waals surface area (Å²) in [6, 6.07) is 11.4. The van der Waals surface area contributed by atoms with Crippen molar-refractivity contribution in [3.05, 3.63) is 30.3 Å². The molecule has 0 bridgehead atoms. The topological polar surface area (TPSA) is 27.7 Å². The van der Waals surface area contributed by atoms with Crippen molar-refractivity contribution in [3.8, 4) is 0 Å². The van der Waals surface area contributed by atoms with Gasteiger partial charge in [0.05, 0.1) is 13.2 Å². The summed E-state index contributed by atoms with van der Waals surface area (Å²) in [4.78, 5) is 0. The smallest absolute Gasteiger partial charge is 0.372 e. The quantitative estimate of drug-likeness (QED) is 0.690. The van der Waals surface area contributed by atoms with E-state index < -0.39 is 8.56 Å². The van der Waals surface area contributed by atoms with Gasteiger partial charge < -0.3 is 13.6 Å². The third-order valence-corrected chi connectivity index (χ3v) is 7.57. The van der Waals surface area contributed by atoms with E-state index in [1.165, 1.54) is 5.19 Å².